The molecule has 0 aliphatic heterocycles. The number of carbonyl (C=O) groups excluding carboxylic acids is 1. The number of aliphatic hydroxyl groups is 1. The van der Waals surface area contributed by atoms with Gasteiger partial charge >= 0.3 is 5.97 Å². The summed E-state index contributed by atoms with van der Waals surface area (Å²) in [6, 6.07) is 9.78. The van der Waals surface area contributed by atoms with Crippen molar-refractivity contribution < 1.29 is 14.6 Å². The van der Waals surface area contributed by atoms with Crippen LogP contribution in [-0.4, -0.2) is 33.8 Å². The topological polar surface area (TPSA) is 81.4 Å². The van der Waals surface area contributed by atoms with E-state index in [2.05, 4.69) is 4.98 Å². The van der Waals surface area contributed by atoms with E-state index in [9.17, 15) is 9.59 Å². The molecule has 0 saturated carbocycles. The molecule has 1 N–H and O–H groups in total. The van der Waals surface area contributed by atoms with Crippen molar-refractivity contribution in [1.29, 1.82) is 0 Å². The number of benzene rings is 1. The van der Waals surface area contributed by atoms with Crippen LogP contribution in [0.25, 0.3) is 10.2 Å². The van der Waals surface area contributed by atoms with Gasteiger partial charge in [0.25, 0.3) is 5.56 Å². The van der Waals surface area contributed by atoms with Crippen LogP contribution >= 0.6 is 11.3 Å². The molecule has 2 heterocycles. The van der Waals surface area contributed by atoms with Crippen LogP contribution in [0.3, 0.4) is 0 Å². The standard InChI is InChI=1S/C18H18N2O4S/c1-12-14-16(19-11-20(8-9-21)17(14)22)25-15(12)18(23)24-10-7-13-5-3-2-4-6-13/h2-6,11,21H,7-10H2,1H3. The molecule has 0 unspecified atom stereocenters. The highest BCUT2D eigenvalue weighted by molar-refractivity contribution is 7.20. The maximum atomic E-state index is 12.4. The van der Waals surface area contributed by atoms with E-state index in [1.165, 1.54) is 10.9 Å². The van der Waals surface area contributed by atoms with E-state index in [1.807, 2.05) is 30.3 Å². The first-order valence-electron chi connectivity index (χ1n) is 7.92. The van der Waals surface area contributed by atoms with Crippen molar-refractivity contribution in [2.45, 2.75) is 19.9 Å². The number of aryl methyl sites for hydroxylation is 1. The van der Waals surface area contributed by atoms with Gasteiger partial charge in [0.1, 0.15) is 9.71 Å². The summed E-state index contributed by atoms with van der Waals surface area (Å²) in [4.78, 5) is 29.9. The first-order chi connectivity index (χ1) is 12.1. The Kier molecular flexibility index (Phi) is 5.25. The van der Waals surface area contributed by atoms with E-state index in [-0.39, 0.29) is 25.3 Å². The molecule has 0 fully saturated rings. The number of esters is 1. The molecule has 0 aliphatic carbocycles. The highest BCUT2D eigenvalue weighted by Crippen LogP contribution is 2.27. The quantitative estimate of drug-likeness (QED) is 0.683. The van der Waals surface area contributed by atoms with Crippen molar-refractivity contribution in [2.75, 3.05) is 13.2 Å². The summed E-state index contributed by atoms with van der Waals surface area (Å²) in [5, 5.41) is 9.42. The minimum Gasteiger partial charge on any atom is -0.461 e. The Morgan fingerprint density at radius 3 is 2.80 bits per heavy atom. The van der Waals surface area contributed by atoms with Crippen LogP contribution in [0.4, 0.5) is 0 Å². The molecule has 25 heavy (non-hydrogen) atoms. The maximum Gasteiger partial charge on any atom is 0.348 e. The summed E-state index contributed by atoms with van der Waals surface area (Å²) in [6.45, 7) is 2.02. The molecule has 0 bridgehead atoms. The Hall–Kier alpha value is -2.51. The molecular weight excluding hydrogens is 340 g/mol. The predicted molar refractivity (Wildman–Crippen MR) is 96.1 cm³/mol. The van der Waals surface area contributed by atoms with Crippen molar-refractivity contribution in [1.82, 2.24) is 9.55 Å². The predicted octanol–water partition coefficient (Wildman–Crippen LogP) is 2.16. The number of ether oxygens (including phenoxy) is 1. The summed E-state index contributed by atoms with van der Waals surface area (Å²) in [5.41, 5.74) is 1.42. The van der Waals surface area contributed by atoms with Crippen LogP contribution in [0.15, 0.2) is 41.5 Å². The molecule has 0 saturated heterocycles. The zero-order valence-electron chi connectivity index (χ0n) is 13.8. The fourth-order valence-electron chi connectivity index (χ4n) is 2.59. The van der Waals surface area contributed by atoms with Gasteiger partial charge in [0, 0.05) is 6.42 Å². The third-order valence-corrected chi connectivity index (χ3v) is 5.09. The van der Waals surface area contributed by atoms with Crippen LogP contribution in [-0.2, 0) is 17.7 Å². The van der Waals surface area contributed by atoms with Crippen LogP contribution < -0.4 is 5.56 Å². The second-order valence-electron chi connectivity index (χ2n) is 5.57. The van der Waals surface area contributed by atoms with Gasteiger partial charge in [-0.05, 0) is 18.1 Å². The van der Waals surface area contributed by atoms with Crippen LogP contribution in [0, 0.1) is 6.92 Å². The molecule has 0 amide bonds. The Morgan fingerprint density at radius 1 is 1.32 bits per heavy atom. The van der Waals surface area contributed by atoms with Crippen LogP contribution in [0.1, 0.15) is 20.8 Å². The van der Waals surface area contributed by atoms with Crippen molar-refractivity contribution in [3.8, 4) is 0 Å². The fraction of sp³-hybridized carbons (Fsp3) is 0.278. The highest BCUT2D eigenvalue weighted by Gasteiger charge is 2.20. The zero-order valence-corrected chi connectivity index (χ0v) is 14.6. The van der Waals surface area contributed by atoms with Gasteiger partial charge in [-0.3, -0.25) is 9.36 Å². The summed E-state index contributed by atoms with van der Waals surface area (Å²) < 4.78 is 6.69. The van der Waals surface area contributed by atoms with Gasteiger partial charge in [-0.1, -0.05) is 30.3 Å². The van der Waals surface area contributed by atoms with Gasteiger partial charge in [0.05, 0.1) is 31.5 Å². The monoisotopic (exact) mass is 358 g/mol. The summed E-state index contributed by atoms with van der Waals surface area (Å²) in [5.74, 6) is -0.440. The van der Waals surface area contributed by atoms with E-state index >= 15 is 0 Å². The smallest absolute Gasteiger partial charge is 0.348 e. The van der Waals surface area contributed by atoms with Gasteiger partial charge in [0.2, 0.25) is 0 Å². The van der Waals surface area contributed by atoms with Crippen LogP contribution in [0.5, 0.6) is 0 Å². The Bertz CT molecular complexity index is 947. The molecule has 2 aromatic heterocycles. The Balaban J connectivity index is 1.78. The number of thiophene rings is 1. The molecule has 0 spiro atoms. The van der Waals surface area contributed by atoms with Crippen molar-refractivity contribution >= 4 is 27.5 Å². The molecule has 7 heteroatoms. The van der Waals surface area contributed by atoms with Crippen molar-refractivity contribution in [2.24, 2.45) is 0 Å². The number of nitrogens with zero attached hydrogens (tertiary/aromatic N) is 2. The van der Waals surface area contributed by atoms with E-state index in [0.29, 0.717) is 27.1 Å². The Morgan fingerprint density at radius 2 is 2.08 bits per heavy atom. The number of fused-ring (bicyclic) bond motifs is 1. The van der Waals surface area contributed by atoms with E-state index in [0.717, 1.165) is 16.9 Å². The molecule has 130 valence electrons. The minimum atomic E-state index is -0.440. The molecule has 3 rings (SSSR count). The van der Waals surface area contributed by atoms with Gasteiger partial charge in [-0.25, -0.2) is 9.78 Å². The third-order valence-electron chi connectivity index (χ3n) is 3.91. The number of aliphatic hydroxyl groups excluding tert-OH is 1. The minimum absolute atomic E-state index is 0.148. The number of aromatic nitrogens is 2. The zero-order chi connectivity index (χ0) is 17.8. The summed E-state index contributed by atoms with van der Waals surface area (Å²) >= 11 is 1.16. The lowest BCUT2D eigenvalue weighted by atomic mass is 10.2. The average molecular weight is 358 g/mol. The SMILES string of the molecule is Cc1c(C(=O)OCCc2ccccc2)sc2ncn(CCO)c(=O)c12. The van der Waals surface area contributed by atoms with E-state index in [4.69, 9.17) is 9.84 Å². The molecule has 0 radical (unpaired) electrons. The fourth-order valence-corrected chi connectivity index (χ4v) is 3.63. The lowest BCUT2D eigenvalue weighted by Gasteiger charge is -2.04. The van der Waals surface area contributed by atoms with Gasteiger partial charge < -0.3 is 9.84 Å². The number of hydrogen-bond acceptors (Lipinski definition) is 6. The highest BCUT2D eigenvalue weighted by atomic mass is 32.1. The van der Waals surface area contributed by atoms with Crippen LogP contribution in [0.2, 0.25) is 0 Å². The van der Waals surface area contributed by atoms with Gasteiger partial charge in [-0.15, -0.1) is 11.3 Å². The molecule has 0 atom stereocenters. The molecule has 3 aromatic rings. The lowest BCUT2D eigenvalue weighted by molar-refractivity contribution is 0.0514. The largest absolute Gasteiger partial charge is 0.461 e. The van der Waals surface area contributed by atoms with Crippen molar-refractivity contribution in [3.05, 3.63) is 63.0 Å². The summed E-state index contributed by atoms with van der Waals surface area (Å²) in [6.07, 6.45) is 2.03. The third kappa shape index (κ3) is 3.62. The van der Waals surface area contributed by atoms with E-state index in [1.54, 1.807) is 6.92 Å². The van der Waals surface area contributed by atoms with Gasteiger partial charge in [-0.2, -0.15) is 0 Å². The van der Waals surface area contributed by atoms with Crippen molar-refractivity contribution in [3.63, 3.8) is 0 Å². The second-order valence-corrected chi connectivity index (χ2v) is 6.57. The molecule has 1 aromatic carbocycles. The molecule has 0 aliphatic rings. The summed E-state index contributed by atoms with van der Waals surface area (Å²) in [7, 11) is 0. The number of carbonyl (C=O) groups is 1. The average Bonchev–Trinajstić information content (AvgIpc) is 2.96. The maximum absolute atomic E-state index is 12.4. The molecule has 6 nitrogen and oxygen atoms in total. The first-order valence-corrected chi connectivity index (χ1v) is 8.74. The number of hydrogen-bond donors (Lipinski definition) is 1. The normalized spacial score (nSPS) is 11.0. The van der Waals surface area contributed by atoms with Gasteiger partial charge in [0.15, 0.2) is 0 Å². The lowest BCUT2D eigenvalue weighted by Crippen LogP contribution is -2.22. The Labute approximate surface area is 148 Å². The van der Waals surface area contributed by atoms with E-state index < -0.39 is 5.97 Å². The first kappa shape index (κ1) is 17.3. The second kappa shape index (κ2) is 7.58. The number of rotatable bonds is 6. The molecular formula is C18H18N2O4S.